The van der Waals surface area contributed by atoms with Gasteiger partial charge in [0.1, 0.15) is 0 Å². The van der Waals surface area contributed by atoms with Crippen molar-refractivity contribution >= 4 is 27.3 Å². The van der Waals surface area contributed by atoms with Crippen LogP contribution in [-0.4, -0.2) is 45.8 Å². The molecule has 1 fully saturated rings. The normalized spacial score (nSPS) is 20.4. The number of anilines is 1. The Balaban J connectivity index is 2.16. The third-order valence-electron chi connectivity index (χ3n) is 3.72. The van der Waals surface area contributed by atoms with Gasteiger partial charge in [0.25, 0.3) is 0 Å². The lowest BCUT2D eigenvalue weighted by atomic mass is 9.99. The van der Waals surface area contributed by atoms with Crippen LogP contribution in [0.5, 0.6) is 0 Å². The van der Waals surface area contributed by atoms with E-state index in [0.29, 0.717) is 16.7 Å². The van der Waals surface area contributed by atoms with E-state index in [2.05, 4.69) is 4.90 Å². The van der Waals surface area contributed by atoms with Gasteiger partial charge in [-0.15, -0.1) is 11.6 Å². The third kappa shape index (κ3) is 3.27. The minimum atomic E-state index is -3.35. The van der Waals surface area contributed by atoms with Gasteiger partial charge in [-0.1, -0.05) is 0 Å². The van der Waals surface area contributed by atoms with Crippen LogP contribution in [0.2, 0.25) is 0 Å². The average Bonchev–Trinajstić information content (AvgIpc) is 2.47. The molecule has 0 N–H and O–H groups in total. The molecule has 0 aliphatic carbocycles. The molecule has 112 valence electrons. The standard InChI is InChI=1S/C14H21ClN2O2S/c1-16(2)20(18,19)14-7-5-13(6-8-14)17-9-3-4-12(10-15)11-17/h5-8,12H,3-4,9-11H2,1-2H3. The van der Waals surface area contributed by atoms with Crippen LogP contribution in [0.1, 0.15) is 12.8 Å². The van der Waals surface area contributed by atoms with Gasteiger partial charge in [0.15, 0.2) is 0 Å². The van der Waals surface area contributed by atoms with Crippen LogP contribution in [0, 0.1) is 5.92 Å². The molecule has 1 aromatic carbocycles. The Morgan fingerprint density at radius 2 is 1.95 bits per heavy atom. The van der Waals surface area contributed by atoms with Crippen molar-refractivity contribution < 1.29 is 8.42 Å². The van der Waals surface area contributed by atoms with Gasteiger partial charge in [0, 0.05) is 38.8 Å². The first kappa shape index (κ1) is 15.6. The van der Waals surface area contributed by atoms with Crippen molar-refractivity contribution in [1.82, 2.24) is 4.31 Å². The Morgan fingerprint density at radius 3 is 2.50 bits per heavy atom. The topological polar surface area (TPSA) is 40.6 Å². The van der Waals surface area contributed by atoms with E-state index in [-0.39, 0.29) is 0 Å². The second kappa shape index (κ2) is 6.33. The second-order valence-electron chi connectivity index (χ2n) is 5.39. The molecule has 0 aromatic heterocycles. The summed E-state index contributed by atoms with van der Waals surface area (Å²) in [5.74, 6) is 1.21. The van der Waals surface area contributed by atoms with Crippen LogP contribution < -0.4 is 4.90 Å². The number of alkyl halides is 1. The van der Waals surface area contributed by atoms with E-state index in [1.54, 1.807) is 26.2 Å². The zero-order valence-corrected chi connectivity index (χ0v) is 13.5. The van der Waals surface area contributed by atoms with Gasteiger partial charge in [-0.3, -0.25) is 0 Å². The minimum absolute atomic E-state index is 0.331. The molecule has 1 aliphatic heterocycles. The number of sulfonamides is 1. The molecule has 0 bridgehead atoms. The van der Waals surface area contributed by atoms with Gasteiger partial charge >= 0.3 is 0 Å². The summed E-state index contributed by atoms with van der Waals surface area (Å²) in [4.78, 5) is 2.61. The molecule has 2 rings (SSSR count). The maximum Gasteiger partial charge on any atom is 0.242 e. The lowest BCUT2D eigenvalue weighted by molar-refractivity contribution is 0.451. The van der Waals surface area contributed by atoms with Crippen LogP contribution in [0.4, 0.5) is 5.69 Å². The largest absolute Gasteiger partial charge is 0.371 e. The van der Waals surface area contributed by atoms with Gasteiger partial charge in [-0.05, 0) is 43.0 Å². The molecule has 1 aromatic rings. The predicted octanol–water partition coefficient (Wildman–Crippen LogP) is 2.39. The smallest absolute Gasteiger partial charge is 0.242 e. The van der Waals surface area contributed by atoms with Crippen molar-refractivity contribution in [2.75, 3.05) is 38.0 Å². The first-order valence-electron chi connectivity index (χ1n) is 6.78. The molecule has 20 heavy (non-hydrogen) atoms. The van der Waals surface area contributed by atoms with E-state index in [1.165, 1.54) is 10.7 Å². The molecule has 1 atom stereocenters. The van der Waals surface area contributed by atoms with Crippen molar-refractivity contribution in [2.45, 2.75) is 17.7 Å². The van der Waals surface area contributed by atoms with E-state index in [0.717, 1.165) is 25.2 Å². The quantitative estimate of drug-likeness (QED) is 0.801. The monoisotopic (exact) mass is 316 g/mol. The fourth-order valence-corrected chi connectivity index (χ4v) is 3.62. The molecule has 1 saturated heterocycles. The molecule has 0 spiro atoms. The van der Waals surface area contributed by atoms with E-state index in [9.17, 15) is 8.42 Å². The number of hydrogen-bond acceptors (Lipinski definition) is 3. The maximum absolute atomic E-state index is 12.0. The number of benzene rings is 1. The van der Waals surface area contributed by atoms with E-state index in [4.69, 9.17) is 11.6 Å². The van der Waals surface area contributed by atoms with Crippen molar-refractivity contribution in [3.05, 3.63) is 24.3 Å². The third-order valence-corrected chi connectivity index (χ3v) is 5.98. The molecule has 0 amide bonds. The zero-order valence-electron chi connectivity index (χ0n) is 11.9. The van der Waals surface area contributed by atoms with Crippen molar-refractivity contribution in [1.29, 1.82) is 0 Å². The summed E-state index contributed by atoms with van der Waals surface area (Å²) in [5, 5.41) is 0. The Labute approximate surface area is 126 Å². The Bertz CT molecular complexity index is 543. The maximum atomic E-state index is 12.0. The summed E-state index contributed by atoms with van der Waals surface area (Å²) in [7, 11) is -0.265. The first-order valence-corrected chi connectivity index (χ1v) is 8.76. The van der Waals surface area contributed by atoms with E-state index in [1.807, 2.05) is 12.1 Å². The number of nitrogens with zero attached hydrogens (tertiary/aromatic N) is 2. The minimum Gasteiger partial charge on any atom is -0.371 e. The van der Waals surface area contributed by atoms with Gasteiger partial charge in [-0.25, -0.2) is 12.7 Å². The fourth-order valence-electron chi connectivity index (χ4n) is 2.47. The van der Waals surface area contributed by atoms with Crippen LogP contribution >= 0.6 is 11.6 Å². The second-order valence-corrected chi connectivity index (χ2v) is 7.85. The highest BCUT2D eigenvalue weighted by Gasteiger charge is 2.21. The molecule has 1 unspecified atom stereocenters. The highest BCUT2D eigenvalue weighted by molar-refractivity contribution is 7.89. The number of halogens is 1. The van der Waals surface area contributed by atoms with Crippen molar-refractivity contribution in [2.24, 2.45) is 5.92 Å². The molecule has 1 heterocycles. The summed E-state index contributed by atoms with van der Waals surface area (Å²) in [6.45, 7) is 1.95. The summed E-state index contributed by atoms with van der Waals surface area (Å²) in [6, 6.07) is 7.12. The van der Waals surface area contributed by atoms with Gasteiger partial charge in [0.2, 0.25) is 10.0 Å². The van der Waals surface area contributed by atoms with Crippen LogP contribution in [0.15, 0.2) is 29.2 Å². The Morgan fingerprint density at radius 1 is 1.30 bits per heavy atom. The van der Waals surface area contributed by atoms with E-state index < -0.39 is 10.0 Å². The summed E-state index contributed by atoms with van der Waals surface area (Å²) in [5.41, 5.74) is 1.07. The van der Waals surface area contributed by atoms with Crippen LogP contribution in [-0.2, 0) is 10.0 Å². The van der Waals surface area contributed by atoms with Gasteiger partial charge < -0.3 is 4.90 Å². The van der Waals surface area contributed by atoms with Gasteiger partial charge in [-0.2, -0.15) is 0 Å². The Hall–Kier alpha value is -0.780. The highest BCUT2D eigenvalue weighted by Crippen LogP contribution is 2.25. The molecule has 4 nitrogen and oxygen atoms in total. The zero-order chi connectivity index (χ0) is 14.8. The molecule has 0 radical (unpaired) electrons. The van der Waals surface area contributed by atoms with Crippen molar-refractivity contribution in [3.63, 3.8) is 0 Å². The number of rotatable bonds is 4. The first-order chi connectivity index (χ1) is 9.45. The number of piperidine rings is 1. The molecule has 1 aliphatic rings. The van der Waals surface area contributed by atoms with Crippen LogP contribution in [0.3, 0.4) is 0 Å². The van der Waals surface area contributed by atoms with Gasteiger partial charge in [0.05, 0.1) is 4.90 Å². The summed E-state index contributed by atoms with van der Waals surface area (Å²) in [6.07, 6.45) is 2.31. The number of hydrogen-bond donors (Lipinski definition) is 0. The predicted molar refractivity (Wildman–Crippen MR) is 83.0 cm³/mol. The SMILES string of the molecule is CN(C)S(=O)(=O)c1ccc(N2CCCC(CCl)C2)cc1. The molecule has 6 heteroatoms. The highest BCUT2D eigenvalue weighted by atomic mass is 35.5. The molecular formula is C14H21ClN2O2S. The summed E-state index contributed by atoms with van der Waals surface area (Å²) >= 11 is 5.94. The van der Waals surface area contributed by atoms with Crippen molar-refractivity contribution in [3.8, 4) is 0 Å². The molecule has 0 saturated carbocycles. The lowest BCUT2D eigenvalue weighted by Crippen LogP contribution is -2.36. The lowest BCUT2D eigenvalue weighted by Gasteiger charge is -2.33. The Kier molecular flexibility index (Phi) is 4.94. The molecular weight excluding hydrogens is 296 g/mol. The van der Waals surface area contributed by atoms with Crippen LogP contribution in [0.25, 0.3) is 0 Å². The average molecular weight is 317 g/mol. The fraction of sp³-hybridized carbons (Fsp3) is 0.571. The van der Waals surface area contributed by atoms with E-state index >= 15 is 0 Å². The summed E-state index contributed by atoms with van der Waals surface area (Å²) < 4.78 is 25.3.